The number of hydrogen-bond donors (Lipinski definition) is 2. The van der Waals surface area contributed by atoms with Gasteiger partial charge in [0.2, 0.25) is 5.91 Å². The van der Waals surface area contributed by atoms with E-state index in [0.717, 1.165) is 52.0 Å². The fraction of sp³-hybridized carbons (Fsp3) is 0.632. The van der Waals surface area contributed by atoms with Crippen molar-refractivity contribution in [1.29, 1.82) is 0 Å². The lowest BCUT2D eigenvalue weighted by molar-refractivity contribution is -0.127. The molecule has 1 unspecified atom stereocenters. The number of carbonyl (C=O) groups is 1. The highest BCUT2D eigenvalue weighted by Gasteiger charge is 2.30. The molecule has 23 heavy (non-hydrogen) atoms. The van der Waals surface area contributed by atoms with E-state index in [1.165, 1.54) is 5.56 Å². The van der Waals surface area contributed by atoms with Crippen molar-refractivity contribution in [3.8, 4) is 0 Å². The Morgan fingerprint density at radius 1 is 1.26 bits per heavy atom. The van der Waals surface area contributed by atoms with Crippen LogP contribution in [0.4, 0.5) is 0 Å². The van der Waals surface area contributed by atoms with Gasteiger partial charge in [-0.05, 0) is 43.8 Å². The van der Waals surface area contributed by atoms with Crippen molar-refractivity contribution in [3.63, 3.8) is 0 Å². The number of rotatable bonds is 6. The molecule has 0 aliphatic carbocycles. The van der Waals surface area contributed by atoms with Crippen LogP contribution in [-0.2, 0) is 11.2 Å². The second-order valence-corrected chi connectivity index (χ2v) is 7.07. The summed E-state index contributed by atoms with van der Waals surface area (Å²) in [6, 6.07) is 11.0. The Hall–Kier alpha value is -1.39. The quantitative estimate of drug-likeness (QED) is 0.839. The summed E-state index contributed by atoms with van der Waals surface area (Å²) in [6.45, 7) is 7.36. The first-order chi connectivity index (χ1) is 11.2. The molecule has 0 aromatic heterocycles. The van der Waals surface area contributed by atoms with Gasteiger partial charge in [0.25, 0.3) is 0 Å². The van der Waals surface area contributed by atoms with Crippen molar-refractivity contribution in [2.45, 2.75) is 32.2 Å². The molecule has 0 radical (unpaired) electrons. The third-order valence-corrected chi connectivity index (χ3v) is 5.43. The molecule has 0 spiro atoms. The molecule has 126 valence electrons. The maximum atomic E-state index is 12.3. The van der Waals surface area contributed by atoms with E-state index >= 15 is 0 Å². The smallest absolute Gasteiger partial charge is 0.223 e. The van der Waals surface area contributed by atoms with Crippen molar-refractivity contribution >= 4 is 5.91 Å². The van der Waals surface area contributed by atoms with Crippen LogP contribution in [0.15, 0.2) is 30.3 Å². The van der Waals surface area contributed by atoms with E-state index in [9.17, 15) is 4.79 Å². The average Bonchev–Trinajstić information content (AvgIpc) is 2.53. The molecule has 2 fully saturated rings. The summed E-state index contributed by atoms with van der Waals surface area (Å²) in [5.41, 5.74) is 1.41. The third-order valence-electron chi connectivity index (χ3n) is 5.43. The summed E-state index contributed by atoms with van der Waals surface area (Å²) in [4.78, 5) is 14.8. The van der Waals surface area contributed by atoms with Gasteiger partial charge >= 0.3 is 0 Å². The molecule has 2 aliphatic heterocycles. The largest absolute Gasteiger partial charge is 0.353 e. The van der Waals surface area contributed by atoms with Crippen LogP contribution in [0.3, 0.4) is 0 Å². The van der Waals surface area contributed by atoms with E-state index < -0.39 is 0 Å². The highest BCUT2D eigenvalue weighted by Crippen LogP contribution is 2.18. The summed E-state index contributed by atoms with van der Waals surface area (Å²) in [7, 11) is 0. The minimum absolute atomic E-state index is 0.146. The monoisotopic (exact) mass is 315 g/mol. The average molecular weight is 315 g/mol. The van der Waals surface area contributed by atoms with Gasteiger partial charge in [-0.3, -0.25) is 4.79 Å². The maximum absolute atomic E-state index is 12.3. The standard InChI is InChI=1S/C19H29N3O/c1-15(17-13-20-14-17)19(23)21-18-8-11-22(12-9-18)10-7-16-5-3-2-4-6-16/h2-6,15,17-18,20H,7-14H2,1H3,(H,21,23). The van der Waals surface area contributed by atoms with Gasteiger partial charge in [-0.2, -0.15) is 0 Å². The van der Waals surface area contributed by atoms with Crippen LogP contribution in [0.1, 0.15) is 25.3 Å². The number of benzene rings is 1. The van der Waals surface area contributed by atoms with Crippen LogP contribution in [-0.4, -0.2) is 49.6 Å². The molecule has 1 aromatic rings. The summed E-state index contributed by atoms with van der Waals surface area (Å²) in [6.07, 6.45) is 3.27. The zero-order valence-corrected chi connectivity index (χ0v) is 14.1. The van der Waals surface area contributed by atoms with E-state index in [0.29, 0.717) is 12.0 Å². The predicted octanol–water partition coefficient (Wildman–Crippen LogP) is 1.67. The van der Waals surface area contributed by atoms with Gasteiger partial charge in [-0.15, -0.1) is 0 Å². The Kier molecular flexibility index (Phi) is 5.68. The molecule has 2 heterocycles. The number of hydrogen-bond acceptors (Lipinski definition) is 3. The zero-order chi connectivity index (χ0) is 16.1. The molecular weight excluding hydrogens is 286 g/mol. The minimum atomic E-state index is 0.146. The number of piperidine rings is 1. The Bertz CT molecular complexity index is 493. The highest BCUT2D eigenvalue weighted by atomic mass is 16.1. The number of amides is 1. The Morgan fingerprint density at radius 3 is 2.57 bits per heavy atom. The lowest BCUT2D eigenvalue weighted by atomic mass is 9.88. The van der Waals surface area contributed by atoms with Gasteiger partial charge in [0.05, 0.1) is 0 Å². The Balaban J connectivity index is 1.35. The number of carbonyl (C=O) groups excluding carboxylic acids is 1. The molecule has 0 bridgehead atoms. The SMILES string of the molecule is CC(C(=O)NC1CCN(CCc2ccccc2)CC1)C1CNC1. The van der Waals surface area contributed by atoms with Gasteiger partial charge in [-0.1, -0.05) is 37.3 Å². The fourth-order valence-corrected chi connectivity index (χ4v) is 3.44. The van der Waals surface area contributed by atoms with E-state index in [2.05, 4.69) is 52.8 Å². The molecule has 4 nitrogen and oxygen atoms in total. The topological polar surface area (TPSA) is 44.4 Å². The molecule has 1 amide bonds. The first-order valence-corrected chi connectivity index (χ1v) is 9.00. The van der Waals surface area contributed by atoms with Gasteiger partial charge < -0.3 is 15.5 Å². The molecule has 1 atom stereocenters. The van der Waals surface area contributed by atoms with Crippen molar-refractivity contribution in [2.75, 3.05) is 32.7 Å². The molecule has 3 rings (SSSR count). The van der Waals surface area contributed by atoms with E-state index in [4.69, 9.17) is 0 Å². The summed E-state index contributed by atoms with van der Waals surface area (Å²) in [5.74, 6) is 0.924. The Morgan fingerprint density at radius 2 is 1.96 bits per heavy atom. The molecule has 2 N–H and O–H groups in total. The molecule has 4 heteroatoms. The van der Waals surface area contributed by atoms with Gasteiger partial charge in [0, 0.05) is 31.6 Å². The summed E-state index contributed by atoms with van der Waals surface area (Å²) in [5, 5.41) is 6.52. The normalized spacial score (nSPS) is 21.6. The van der Waals surface area contributed by atoms with Gasteiger partial charge in [0.1, 0.15) is 0 Å². The second kappa shape index (κ2) is 7.93. The highest BCUT2D eigenvalue weighted by molar-refractivity contribution is 5.79. The number of likely N-dealkylation sites (tertiary alicyclic amines) is 1. The lowest BCUT2D eigenvalue weighted by Crippen LogP contribution is -2.52. The molecule has 2 aliphatic rings. The van der Waals surface area contributed by atoms with Gasteiger partial charge in [0.15, 0.2) is 0 Å². The number of nitrogens with zero attached hydrogens (tertiary/aromatic N) is 1. The van der Waals surface area contributed by atoms with Crippen LogP contribution in [0.2, 0.25) is 0 Å². The molecule has 1 aromatic carbocycles. The first-order valence-electron chi connectivity index (χ1n) is 9.00. The van der Waals surface area contributed by atoms with Crippen molar-refractivity contribution < 1.29 is 4.79 Å². The zero-order valence-electron chi connectivity index (χ0n) is 14.1. The van der Waals surface area contributed by atoms with Crippen LogP contribution in [0.5, 0.6) is 0 Å². The third kappa shape index (κ3) is 4.55. The van der Waals surface area contributed by atoms with Crippen LogP contribution in [0.25, 0.3) is 0 Å². The van der Waals surface area contributed by atoms with Gasteiger partial charge in [-0.25, -0.2) is 0 Å². The van der Waals surface area contributed by atoms with E-state index in [1.54, 1.807) is 0 Å². The van der Waals surface area contributed by atoms with Crippen LogP contribution in [0, 0.1) is 11.8 Å². The first kappa shape index (κ1) is 16.5. The second-order valence-electron chi connectivity index (χ2n) is 7.07. The van der Waals surface area contributed by atoms with Crippen molar-refractivity contribution in [3.05, 3.63) is 35.9 Å². The van der Waals surface area contributed by atoms with Crippen molar-refractivity contribution in [2.24, 2.45) is 11.8 Å². The summed E-state index contributed by atoms with van der Waals surface area (Å²) >= 11 is 0. The molecule has 2 saturated heterocycles. The molecule has 0 saturated carbocycles. The van der Waals surface area contributed by atoms with E-state index in [1.807, 2.05) is 0 Å². The minimum Gasteiger partial charge on any atom is -0.353 e. The molecular formula is C19H29N3O. The number of nitrogens with one attached hydrogen (secondary N) is 2. The van der Waals surface area contributed by atoms with Crippen molar-refractivity contribution in [1.82, 2.24) is 15.5 Å². The van der Waals surface area contributed by atoms with Crippen LogP contribution < -0.4 is 10.6 Å². The van der Waals surface area contributed by atoms with E-state index in [-0.39, 0.29) is 11.8 Å². The summed E-state index contributed by atoms with van der Waals surface area (Å²) < 4.78 is 0. The predicted molar refractivity (Wildman–Crippen MR) is 93.3 cm³/mol. The fourth-order valence-electron chi connectivity index (χ4n) is 3.44. The maximum Gasteiger partial charge on any atom is 0.223 e. The lowest BCUT2D eigenvalue weighted by Gasteiger charge is -2.35. The Labute approximate surface area is 139 Å². The van der Waals surface area contributed by atoms with Crippen LogP contribution >= 0.6 is 0 Å².